The van der Waals surface area contributed by atoms with Crippen LogP contribution in [0.15, 0.2) is 180 Å². The van der Waals surface area contributed by atoms with Gasteiger partial charge < -0.3 is 9.32 Å². The van der Waals surface area contributed by atoms with E-state index in [0.29, 0.717) is 11.4 Å². The molecule has 0 aliphatic rings. The van der Waals surface area contributed by atoms with E-state index in [0.717, 1.165) is 65.7 Å². The van der Waals surface area contributed by atoms with Gasteiger partial charge >= 0.3 is 0 Å². The lowest BCUT2D eigenvalue weighted by molar-refractivity contribution is 0.673. The maximum Gasteiger partial charge on any atom is 0.143 e. The second-order valence-electron chi connectivity index (χ2n) is 11.4. The first-order chi connectivity index (χ1) is 24.9. The topological polar surface area (TPSA) is 16.4 Å². The van der Waals surface area contributed by atoms with Gasteiger partial charge in [0.05, 0.1) is 6.85 Å². The molecule has 2 heteroatoms. The van der Waals surface area contributed by atoms with Crippen molar-refractivity contribution in [3.8, 4) is 22.3 Å². The molecule has 0 saturated carbocycles. The molecular weight excluding hydrogens is 558 g/mol. The molecule has 8 aromatic carbocycles. The van der Waals surface area contributed by atoms with Gasteiger partial charge in [0.15, 0.2) is 0 Å². The minimum absolute atomic E-state index is 0.0826. The lowest BCUT2D eigenvalue weighted by Crippen LogP contribution is -2.09. The van der Waals surface area contributed by atoms with Crippen molar-refractivity contribution in [1.82, 2.24) is 0 Å². The number of fused-ring (bicyclic) bond motifs is 6. The summed E-state index contributed by atoms with van der Waals surface area (Å²) >= 11 is 0. The fourth-order valence-corrected chi connectivity index (χ4v) is 6.54. The van der Waals surface area contributed by atoms with E-state index in [9.17, 15) is 0 Å². The smallest absolute Gasteiger partial charge is 0.143 e. The summed E-state index contributed by atoms with van der Waals surface area (Å²) in [4.78, 5) is 1.76. The fraction of sp³-hybridized carbons (Fsp3) is 0. The van der Waals surface area contributed by atoms with Crippen LogP contribution in [0.1, 0.15) is 6.85 Å². The van der Waals surface area contributed by atoms with Gasteiger partial charge in [0.2, 0.25) is 0 Å². The summed E-state index contributed by atoms with van der Waals surface area (Å²) in [7, 11) is 0. The minimum Gasteiger partial charge on any atom is -0.455 e. The number of furan rings is 1. The highest BCUT2D eigenvalue weighted by Gasteiger charge is 2.17. The van der Waals surface area contributed by atoms with Crippen molar-refractivity contribution in [3.63, 3.8) is 0 Å². The van der Waals surface area contributed by atoms with Gasteiger partial charge in [-0.1, -0.05) is 121 Å². The lowest BCUT2D eigenvalue weighted by atomic mass is 9.97. The first-order valence-electron chi connectivity index (χ1n) is 17.8. The third-order valence-corrected chi connectivity index (χ3v) is 8.72. The molecule has 216 valence electrons. The molecule has 0 N–H and O–H groups in total. The molecule has 0 fully saturated rings. The molecule has 0 saturated heterocycles. The summed E-state index contributed by atoms with van der Waals surface area (Å²) in [6.45, 7) is 0. The van der Waals surface area contributed by atoms with Crippen LogP contribution in [0.3, 0.4) is 0 Å². The van der Waals surface area contributed by atoms with Gasteiger partial charge in [-0.05, 0) is 93.0 Å². The van der Waals surface area contributed by atoms with E-state index in [2.05, 4.69) is 60.7 Å². The zero-order valence-corrected chi connectivity index (χ0v) is 24.7. The molecule has 0 spiro atoms. The summed E-state index contributed by atoms with van der Waals surface area (Å²) in [5, 5.41) is 6.50. The molecule has 46 heavy (non-hydrogen) atoms. The molecule has 0 unspecified atom stereocenters. The second-order valence-corrected chi connectivity index (χ2v) is 11.4. The Bertz CT molecular complexity index is 2800. The first kappa shape index (κ1) is 21.6. The second kappa shape index (κ2) is 10.8. The molecule has 0 aliphatic carbocycles. The molecular formula is C44H29NO. The highest BCUT2D eigenvalue weighted by molar-refractivity contribution is 6.19. The maximum absolute atomic E-state index is 8.93. The van der Waals surface area contributed by atoms with Gasteiger partial charge in [-0.15, -0.1) is 0 Å². The van der Waals surface area contributed by atoms with Crippen molar-refractivity contribution in [2.24, 2.45) is 0 Å². The summed E-state index contributed by atoms with van der Waals surface area (Å²) in [5.41, 5.74) is 6.99. The Labute approximate surface area is 274 Å². The van der Waals surface area contributed by atoms with E-state index < -0.39 is 6.04 Å². The largest absolute Gasteiger partial charge is 0.455 e. The van der Waals surface area contributed by atoms with Crippen LogP contribution in [-0.4, -0.2) is 0 Å². The van der Waals surface area contributed by atoms with Crippen LogP contribution in [0.5, 0.6) is 0 Å². The van der Waals surface area contributed by atoms with Gasteiger partial charge in [0, 0.05) is 33.2 Å². The van der Waals surface area contributed by atoms with Crippen molar-refractivity contribution in [2.75, 3.05) is 4.90 Å². The average Bonchev–Trinajstić information content (AvgIpc) is 3.58. The van der Waals surface area contributed by atoms with Crippen LogP contribution in [0.25, 0.3) is 65.7 Å². The van der Waals surface area contributed by atoms with Crippen LogP contribution in [0.4, 0.5) is 17.1 Å². The summed E-state index contributed by atoms with van der Waals surface area (Å²) in [5.74, 6) is 0. The Kier molecular flexibility index (Phi) is 5.06. The number of anilines is 3. The van der Waals surface area contributed by atoms with Gasteiger partial charge in [-0.2, -0.15) is 0 Å². The van der Waals surface area contributed by atoms with Gasteiger partial charge in [0.1, 0.15) is 11.2 Å². The van der Waals surface area contributed by atoms with Crippen LogP contribution in [0, 0.1) is 0 Å². The Hall–Kier alpha value is -6.12. The Morgan fingerprint density at radius 2 is 1.17 bits per heavy atom. The first-order valence-corrected chi connectivity index (χ1v) is 15.3. The Morgan fingerprint density at radius 3 is 2.04 bits per heavy atom. The highest BCUT2D eigenvalue weighted by atomic mass is 16.3. The molecule has 1 aromatic heterocycles. The summed E-state index contributed by atoms with van der Waals surface area (Å²) < 4.78 is 49.5. The number of rotatable bonds is 5. The normalized spacial score (nSPS) is 13.0. The predicted octanol–water partition coefficient (Wildman–Crippen LogP) is 12.7. The predicted molar refractivity (Wildman–Crippen MR) is 194 cm³/mol. The summed E-state index contributed by atoms with van der Waals surface area (Å²) in [6, 6.07) is 47.0. The van der Waals surface area contributed by atoms with Crippen molar-refractivity contribution in [2.45, 2.75) is 0 Å². The number of hydrogen-bond donors (Lipinski definition) is 0. The fourth-order valence-electron chi connectivity index (χ4n) is 6.54. The number of benzene rings is 8. The van der Waals surface area contributed by atoms with Gasteiger partial charge in [-0.25, -0.2) is 0 Å². The molecule has 0 bridgehead atoms. The molecule has 0 aliphatic heterocycles. The molecule has 0 amide bonds. The van der Waals surface area contributed by atoms with E-state index in [-0.39, 0.29) is 29.9 Å². The van der Waals surface area contributed by atoms with E-state index in [4.69, 9.17) is 11.3 Å². The monoisotopic (exact) mass is 592 g/mol. The van der Waals surface area contributed by atoms with E-state index >= 15 is 0 Å². The zero-order valence-electron chi connectivity index (χ0n) is 29.7. The maximum atomic E-state index is 8.93. The minimum atomic E-state index is -0.429. The number of para-hydroxylation sites is 1. The zero-order chi connectivity index (χ0) is 34.8. The summed E-state index contributed by atoms with van der Waals surface area (Å²) in [6.07, 6.45) is 0. The van der Waals surface area contributed by atoms with Crippen molar-refractivity contribution >= 4 is 60.5 Å². The third-order valence-electron chi connectivity index (χ3n) is 8.72. The SMILES string of the molecule is [2H]c1c([2H])c([2H])c(N(c2ccc(-c3cccc4oc5c6ccccc6ccc5c34)cc2)c2cccc(-c3ccc4ccccc4c3)c2)c([2H])c1[2H]. The van der Waals surface area contributed by atoms with Gasteiger partial charge in [0.25, 0.3) is 0 Å². The molecule has 2 nitrogen and oxygen atoms in total. The quantitative estimate of drug-likeness (QED) is 0.198. The number of nitrogens with zero attached hydrogens (tertiary/aromatic N) is 1. The Morgan fingerprint density at radius 1 is 0.457 bits per heavy atom. The molecule has 0 radical (unpaired) electrons. The van der Waals surface area contributed by atoms with Crippen LogP contribution < -0.4 is 4.90 Å². The van der Waals surface area contributed by atoms with Crippen molar-refractivity contribution < 1.29 is 11.3 Å². The van der Waals surface area contributed by atoms with Crippen molar-refractivity contribution in [1.29, 1.82) is 0 Å². The third kappa shape index (κ3) is 4.43. The molecule has 9 rings (SSSR count). The number of hydrogen-bond acceptors (Lipinski definition) is 2. The molecule has 9 aromatic rings. The van der Waals surface area contributed by atoms with Crippen LogP contribution in [0.2, 0.25) is 0 Å². The standard InChI is InChI=1S/C44H29NO/c1-2-14-36(15-3-1)45(38-16-8-13-34(29-38)35-21-20-30-10-4-5-12-33(30)28-35)37-25-22-32(23-26-37)39-18-9-19-42-43(39)41-27-24-31-11-6-7-17-40(31)44(41)46-42/h1-29H/i1D,2D,3D,14D,15D. The lowest BCUT2D eigenvalue weighted by Gasteiger charge is -2.26. The van der Waals surface area contributed by atoms with Gasteiger partial charge in [-0.3, -0.25) is 0 Å². The molecule has 1 heterocycles. The van der Waals surface area contributed by atoms with Crippen LogP contribution >= 0.6 is 0 Å². The highest BCUT2D eigenvalue weighted by Crippen LogP contribution is 2.41. The average molecular weight is 593 g/mol. The van der Waals surface area contributed by atoms with Crippen LogP contribution in [-0.2, 0) is 0 Å². The van der Waals surface area contributed by atoms with Crippen molar-refractivity contribution in [3.05, 3.63) is 176 Å². The van der Waals surface area contributed by atoms with E-state index in [1.54, 1.807) is 4.90 Å². The van der Waals surface area contributed by atoms with E-state index in [1.807, 2.05) is 84.9 Å². The Balaban J connectivity index is 1.20. The molecule has 0 atom stereocenters. The van der Waals surface area contributed by atoms with E-state index in [1.165, 1.54) is 0 Å².